The second kappa shape index (κ2) is 5.27. The summed E-state index contributed by atoms with van der Waals surface area (Å²) < 4.78 is 0. The van der Waals surface area contributed by atoms with Gasteiger partial charge >= 0.3 is 0 Å². The van der Waals surface area contributed by atoms with Crippen LogP contribution >= 0.6 is 0 Å². The number of nitrogens with zero attached hydrogens (tertiary/aromatic N) is 1. The molecule has 2 unspecified atom stereocenters. The zero-order chi connectivity index (χ0) is 11.7. The minimum absolute atomic E-state index is 0.798. The van der Waals surface area contributed by atoms with Crippen molar-refractivity contribution in [1.29, 1.82) is 0 Å². The van der Waals surface area contributed by atoms with Gasteiger partial charge in [0.15, 0.2) is 0 Å². The van der Waals surface area contributed by atoms with Gasteiger partial charge in [0, 0.05) is 25.2 Å². The summed E-state index contributed by atoms with van der Waals surface area (Å²) in [6.45, 7) is 6.38. The fourth-order valence-electron chi connectivity index (χ4n) is 3.75. The van der Waals surface area contributed by atoms with Crippen LogP contribution in [-0.4, -0.2) is 36.6 Å². The highest BCUT2D eigenvalue weighted by molar-refractivity contribution is 4.92. The lowest BCUT2D eigenvalue weighted by molar-refractivity contribution is 0.170. The van der Waals surface area contributed by atoms with E-state index in [0.29, 0.717) is 0 Å². The topological polar surface area (TPSA) is 15.3 Å². The van der Waals surface area contributed by atoms with Crippen molar-refractivity contribution < 1.29 is 0 Å². The quantitative estimate of drug-likeness (QED) is 0.810. The van der Waals surface area contributed by atoms with Crippen molar-refractivity contribution >= 4 is 0 Å². The Hall–Kier alpha value is -0.0800. The Morgan fingerprint density at radius 1 is 1.06 bits per heavy atom. The molecule has 2 saturated carbocycles. The number of hydrogen-bond donors (Lipinski definition) is 1. The molecule has 0 radical (unpaired) electrons. The Morgan fingerprint density at radius 2 is 1.82 bits per heavy atom. The molecule has 1 heterocycles. The standard InChI is InChI=1S/C15H28N2/c1-12-8-9-16-15(14-6-7-14)11-17(12)10-13-4-2-3-5-13/h12-16H,2-11H2,1H3. The summed E-state index contributed by atoms with van der Waals surface area (Å²) in [5.41, 5.74) is 0. The molecule has 1 aliphatic heterocycles. The highest BCUT2D eigenvalue weighted by atomic mass is 15.2. The van der Waals surface area contributed by atoms with E-state index in [2.05, 4.69) is 17.1 Å². The molecule has 2 aliphatic carbocycles. The van der Waals surface area contributed by atoms with E-state index in [-0.39, 0.29) is 0 Å². The zero-order valence-electron chi connectivity index (χ0n) is 11.3. The zero-order valence-corrected chi connectivity index (χ0v) is 11.3. The highest BCUT2D eigenvalue weighted by Crippen LogP contribution is 2.34. The van der Waals surface area contributed by atoms with Gasteiger partial charge in [-0.1, -0.05) is 12.8 Å². The lowest BCUT2D eigenvalue weighted by Crippen LogP contribution is -2.43. The fourth-order valence-corrected chi connectivity index (χ4v) is 3.75. The average molecular weight is 236 g/mol. The summed E-state index contributed by atoms with van der Waals surface area (Å²) >= 11 is 0. The van der Waals surface area contributed by atoms with Crippen LogP contribution in [0.25, 0.3) is 0 Å². The maximum Gasteiger partial charge on any atom is 0.0223 e. The number of hydrogen-bond acceptors (Lipinski definition) is 2. The molecule has 3 aliphatic rings. The monoisotopic (exact) mass is 236 g/mol. The lowest BCUT2D eigenvalue weighted by atomic mass is 10.1. The number of nitrogens with one attached hydrogen (secondary N) is 1. The normalized spacial score (nSPS) is 37.2. The average Bonchev–Trinajstić information content (AvgIpc) is 3.06. The molecule has 0 aromatic heterocycles. The third kappa shape index (κ3) is 3.03. The largest absolute Gasteiger partial charge is 0.312 e. The maximum atomic E-state index is 3.79. The minimum Gasteiger partial charge on any atom is -0.312 e. The third-order valence-corrected chi connectivity index (χ3v) is 5.18. The molecule has 2 atom stereocenters. The van der Waals surface area contributed by atoms with Gasteiger partial charge in [-0.3, -0.25) is 4.90 Å². The van der Waals surface area contributed by atoms with Gasteiger partial charge in [-0.25, -0.2) is 0 Å². The summed E-state index contributed by atoms with van der Waals surface area (Å²) in [5.74, 6) is 2.02. The second-order valence-electron chi connectivity index (χ2n) is 6.64. The van der Waals surface area contributed by atoms with Crippen LogP contribution in [0.2, 0.25) is 0 Å². The van der Waals surface area contributed by atoms with Gasteiger partial charge in [-0.05, 0) is 57.4 Å². The first-order valence-electron chi connectivity index (χ1n) is 7.80. The first-order chi connectivity index (χ1) is 8.33. The first-order valence-corrected chi connectivity index (χ1v) is 7.80. The Kier molecular flexibility index (Phi) is 3.72. The van der Waals surface area contributed by atoms with Crippen molar-refractivity contribution in [2.45, 2.75) is 64.0 Å². The molecule has 98 valence electrons. The Balaban J connectivity index is 1.57. The van der Waals surface area contributed by atoms with E-state index >= 15 is 0 Å². The summed E-state index contributed by atoms with van der Waals surface area (Å²) in [4.78, 5) is 2.80. The van der Waals surface area contributed by atoms with E-state index in [1.807, 2.05) is 0 Å². The van der Waals surface area contributed by atoms with Crippen molar-refractivity contribution in [3.63, 3.8) is 0 Å². The summed E-state index contributed by atoms with van der Waals surface area (Å²) in [6.07, 6.45) is 10.2. The summed E-state index contributed by atoms with van der Waals surface area (Å²) in [6, 6.07) is 1.60. The van der Waals surface area contributed by atoms with Gasteiger partial charge in [0.1, 0.15) is 0 Å². The fraction of sp³-hybridized carbons (Fsp3) is 1.00. The van der Waals surface area contributed by atoms with Crippen LogP contribution in [0.1, 0.15) is 51.9 Å². The van der Waals surface area contributed by atoms with E-state index in [9.17, 15) is 0 Å². The van der Waals surface area contributed by atoms with Crippen LogP contribution in [0.5, 0.6) is 0 Å². The van der Waals surface area contributed by atoms with Gasteiger partial charge < -0.3 is 5.32 Å². The lowest BCUT2D eigenvalue weighted by Gasteiger charge is -2.31. The summed E-state index contributed by atoms with van der Waals surface area (Å²) in [7, 11) is 0. The van der Waals surface area contributed by atoms with Gasteiger partial charge in [0.2, 0.25) is 0 Å². The Morgan fingerprint density at radius 3 is 2.53 bits per heavy atom. The van der Waals surface area contributed by atoms with Crippen molar-refractivity contribution in [3.05, 3.63) is 0 Å². The summed E-state index contributed by atoms with van der Waals surface area (Å²) in [5, 5.41) is 3.79. The molecule has 2 nitrogen and oxygen atoms in total. The molecular weight excluding hydrogens is 208 g/mol. The molecule has 0 aromatic rings. The van der Waals surface area contributed by atoms with Crippen LogP contribution in [0.15, 0.2) is 0 Å². The SMILES string of the molecule is CC1CCNC(C2CC2)CN1CC1CCCC1. The van der Waals surface area contributed by atoms with Crippen molar-refractivity contribution in [1.82, 2.24) is 10.2 Å². The van der Waals surface area contributed by atoms with Crippen molar-refractivity contribution in [3.8, 4) is 0 Å². The minimum atomic E-state index is 0.798. The van der Waals surface area contributed by atoms with Crippen molar-refractivity contribution in [2.24, 2.45) is 11.8 Å². The molecule has 3 rings (SSSR count). The maximum absolute atomic E-state index is 3.79. The van der Waals surface area contributed by atoms with Crippen LogP contribution in [0.4, 0.5) is 0 Å². The van der Waals surface area contributed by atoms with E-state index in [0.717, 1.165) is 23.9 Å². The molecule has 1 N–H and O–H groups in total. The molecular formula is C15H28N2. The van der Waals surface area contributed by atoms with Crippen LogP contribution in [-0.2, 0) is 0 Å². The first kappa shape index (κ1) is 12.0. The molecule has 0 aromatic carbocycles. The molecule has 0 spiro atoms. The van der Waals surface area contributed by atoms with E-state index in [1.165, 1.54) is 64.6 Å². The third-order valence-electron chi connectivity index (χ3n) is 5.18. The van der Waals surface area contributed by atoms with Gasteiger partial charge in [0.05, 0.1) is 0 Å². The smallest absolute Gasteiger partial charge is 0.0223 e. The predicted octanol–water partition coefficient (Wildman–Crippen LogP) is 2.64. The van der Waals surface area contributed by atoms with Gasteiger partial charge in [-0.15, -0.1) is 0 Å². The van der Waals surface area contributed by atoms with Gasteiger partial charge in [0.25, 0.3) is 0 Å². The molecule has 1 saturated heterocycles. The van der Waals surface area contributed by atoms with Gasteiger partial charge in [-0.2, -0.15) is 0 Å². The molecule has 17 heavy (non-hydrogen) atoms. The Labute approximate surface area is 106 Å². The van der Waals surface area contributed by atoms with E-state index in [4.69, 9.17) is 0 Å². The molecule has 0 amide bonds. The number of rotatable bonds is 3. The van der Waals surface area contributed by atoms with E-state index < -0.39 is 0 Å². The second-order valence-corrected chi connectivity index (χ2v) is 6.64. The Bertz CT molecular complexity index is 243. The molecule has 3 fully saturated rings. The van der Waals surface area contributed by atoms with Crippen molar-refractivity contribution in [2.75, 3.05) is 19.6 Å². The van der Waals surface area contributed by atoms with Crippen LogP contribution < -0.4 is 5.32 Å². The van der Waals surface area contributed by atoms with Crippen LogP contribution in [0.3, 0.4) is 0 Å². The molecule has 0 bridgehead atoms. The predicted molar refractivity (Wildman–Crippen MR) is 72.1 cm³/mol. The van der Waals surface area contributed by atoms with E-state index in [1.54, 1.807) is 0 Å². The van der Waals surface area contributed by atoms with Crippen LogP contribution in [0, 0.1) is 11.8 Å². The molecule has 2 heteroatoms. The highest BCUT2D eigenvalue weighted by Gasteiger charge is 2.35.